The number of hydrogen-bond acceptors (Lipinski definition) is 1. The molecule has 0 bridgehead atoms. The molecule has 1 aliphatic heterocycles. The second-order valence-electron chi connectivity index (χ2n) is 4.43. The summed E-state index contributed by atoms with van der Waals surface area (Å²) in [5.74, 6) is 0.673. The molecule has 1 aliphatic carbocycles. The summed E-state index contributed by atoms with van der Waals surface area (Å²) >= 11 is 0. The van der Waals surface area contributed by atoms with Crippen LogP contribution in [-0.2, 0) is 0 Å². The molecule has 0 aromatic rings. The van der Waals surface area contributed by atoms with Gasteiger partial charge in [0.05, 0.1) is 0 Å². The lowest BCUT2D eigenvalue weighted by Crippen LogP contribution is -2.46. The van der Waals surface area contributed by atoms with Gasteiger partial charge in [0, 0.05) is 18.5 Å². The standard InChI is InChI=1S/C11H18N2/c1-12-8-10-4-3-7-13(9-10)11-5-2-6-11/h10-11H,2-9H2. The molecule has 0 radical (unpaired) electrons. The van der Waals surface area contributed by atoms with Crippen molar-refractivity contribution in [1.29, 1.82) is 0 Å². The molecule has 1 saturated heterocycles. The number of hydrogen-bond donors (Lipinski definition) is 0. The van der Waals surface area contributed by atoms with E-state index in [2.05, 4.69) is 9.74 Å². The zero-order valence-corrected chi connectivity index (χ0v) is 8.21. The smallest absolute Gasteiger partial charge is 0.218 e. The largest absolute Gasteiger partial charge is 0.317 e. The maximum Gasteiger partial charge on any atom is 0.218 e. The van der Waals surface area contributed by atoms with Crippen LogP contribution in [0.4, 0.5) is 0 Å². The van der Waals surface area contributed by atoms with Crippen LogP contribution >= 0.6 is 0 Å². The highest BCUT2D eigenvalue weighted by Gasteiger charge is 2.30. The van der Waals surface area contributed by atoms with Crippen LogP contribution in [0, 0.1) is 12.5 Å². The lowest BCUT2D eigenvalue weighted by Gasteiger charge is -2.41. The molecule has 0 N–H and O–H groups in total. The molecule has 72 valence electrons. The molecule has 2 heteroatoms. The van der Waals surface area contributed by atoms with Crippen LogP contribution in [0.1, 0.15) is 32.1 Å². The quantitative estimate of drug-likeness (QED) is 0.588. The summed E-state index contributed by atoms with van der Waals surface area (Å²) in [4.78, 5) is 6.15. The summed E-state index contributed by atoms with van der Waals surface area (Å²) in [7, 11) is 0. The summed E-state index contributed by atoms with van der Waals surface area (Å²) in [6.45, 7) is 10.1. The Hall–Kier alpha value is -0.550. The number of piperidine rings is 1. The molecular formula is C11H18N2. The molecule has 0 amide bonds. The van der Waals surface area contributed by atoms with Gasteiger partial charge in [-0.05, 0) is 32.2 Å². The van der Waals surface area contributed by atoms with E-state index in [1.165, 1.54) is 45.2 Å². The average Bonchev–Trinajstić information content (AvgIpc) is 2.02. The van der Waals surface area contributed by atoms with E-state index in [9.17, 15) is 0 Å². The molecule has 0 aromatic carbocycles. The van der Waals surface area contributed by atoms with Crippen molar-refractivity contribution < 1.29 is 0 Å². The van der Waals surface area contributed by atoms with E-state index < -0.39 is 0 Å². The summed E-state index contributed by atoms with van der Waals surface area (Å²) < 4.78 is 0. The normalized spacial score (nSPS) is 30.8. The second kappa shape index (κ2) is 4.11. The molecule has 1 saturated carbocycles. The van der Waals surface area contributed by atoms with E-state index in [0.29, 0.717) is 5.92 Å². The van der Waals surface area contributed by atoms with Crippen molar-refractivity contribution in [3.8, 4) is 0 Å². The maximum atomic E-state index is 6.88. The highest BCUT2D eigenvalue weighted by Crippen LogP contribution is 2.28. The minimum atomic E-state index is 0.673. The average molecular weight is 178 g/mol. The third-order valence-electron chi connectivity index (χ3n) is 3.49. The van der Waals surface area contributed by atoms with Gasteiger partial charge < -0.3 is 4.85 Å². The molecular weight excluding hydrogens is 160 g/mol. The molecule has 2 fully saturated rings. The molecule has 0 spiro atoms. The van der Waals surface area contributed by atoms with E-state index in [1.54, 1.807) is 0 Å². The fourth-order valence-corrected chi connectivity index (χ4v) is 2.46. The van der Waals surface area contributed by atoms with Gasteiger partial charge in [0.2, 0.25) is 6.54 Å². The Morgan fingerprint density at radius 3 is 2.69 bits per heavy atom. The monoisotopic (exact) mass is 178 g/mol. The van der Waals surface area contributed by atoms with Gasteiger partial charge in [-0.15, -0.1) is 0 Å². The van der Waals surface area contributed by atoms with Crippen molar-refractivity contribution in [2.75, 3.05) is 19.6 Å². The Bertz CT molecular complexity index is 203. The summed E-state index contributed by atoms with van der Waals surface area (Å²) in [6, 6.07) is 0.883. The fourth-order valence-electron chi connectivity index (χ4n) is 2.46. The van der Waals surface area contributed by atoms with Crippen LogP contribution < -0.4 is 0 Å². The fraction of sp³-hybridized carbons (Fsp3) is 0.909. The first-order valence-electron chi connectivity index (χ1n) is 5.47. The topological polar surface area (TPSA) is 7.60 Å². The summed E-state index contributed by atoms with van der Waals surface area (Å²) in [6.07, 6.45) is 6.84. The number of rotatable bonds is 2. The second-order valence-corrected chi connectivity index (χ2v) is 4.43. The molecule has 2 rings (SSSR count). The Morgan fingerprint density at radius 1 is 1.23 bits per heavy atom. The van der Waals surface area contributed by atoms with Crippen molar-refractivity contribution in [3.05, 3.63) is 11.4 Å². The van der Waals surface area contributed by atoms with E-state index in [-0.39, 0.29) is 0 Å². The highest BCUT2D eigenvalue weighted by atomic mass is 15.2. The van der Waals surface area contributed by atoms with Gasteiger partial charge in [0.1, 0.15) is 0 Å². The Kier molecular flexibility index (Phi) is 2.85. The number of nitrogens with zero attached hydrogens (tertiary/aromatic N) is 2. The van der Waals surface area contributed by atoms with Crippen molar-refractivity contribution in [1.82, 2.24) is 4.90 Å². The minimum absolute atomic E-state index is 0.673. The zero-order chi connectivity index (χ0) is 9.10. The van der Waals surface area contributed by atoms with E-state index in [0.717, 1.165) is 12.6 Å². The predicted molar refractivity (Wildman–Crippen MR) is 53.4 cm³/mol. The zero-order valence-electron chi connectivity index (χ0n) is 8.21. The predicted octanol–water partition coefficient (Wildman–Crippen LogP) is 2.17. The van der Waals surface area contributed by atoms with E-state index in [1.807, 2.05) is 0 Å². The van der Waals surface area contributed by atoms with Gasteiger partial charge in [-0.1, -0.05) is 6.42 Å². The lowest BCUT2D eigenvalue weighted by molar-refractivity contribution is 0.0810. The maximum absolute atomic E-state index is 6.88. The Balaban J connectivity index is 1.81. The minimum Gasteiger partial charge on any atom is -0.317 e. The van der Waals surface area contributed by atoms with Gasteiger partial charge in [-0.25, -0.2) is 6.57 Å². The van der Waals surface area contributed by atoms with Crippen molar-refractivity contribution in [2.24, 2.45) is 5.92 Å². The van der Waals surface area contributed by atoms with Gasteiger partial charge in [0.15, 0.2) is 0 Å². The Labute approximate surface area is 80.7 Å². The third-order valence-corrected chi connectivity index (χ3v) is 3.49. The molecule has 13 heavy (non-hydrogen) atoms. The SMILES string of the molecule is [C-]#[N+]CC1CCCN(C2CCC2)C1. The lowest BCUT2D eigenvalue weighted by atomic mass is 9.88. The Morgan fingerprint density at radius 2 is 2.08 bits per heavy atom. The molecule has 2 aliphatic rings. The van der Waals surface area contributed by atoms with Gasteiger partial charge in [-0.3, -0.25) is 4.90 Å². The van der Waals surface area contributed by atoms with Crippen LogP contribution in [0.5, 0.6) is 0 Å². The summed E-state index contributed by atoms with van der Waals surface area (Å²) in [5.41, 5.74) is 0. The number of likely N-dealkylation sites (tertiary alicyclic amines) is 1. The van der Waals surface area contributed by atoms with Crippen molar-refractivity contribution >= 4 is 0 Å². The molecule has 2 nitrogen and oxygen atoms in total. The van der Waals surface area contributed by atoms with Gasteiger partial charge >= 0.3 is 0 Å². The molecule has 0 aromatic heterocycles. The molecule has 1 atom stereocenters. The first kappa shape index (κ1) is 9.02. The first-order valence-corrected chi connectivity index (χ1v) is 5.47. The van der Waals surface area contributed by atoms with Crippen molar-refractivity contribution in [2.45, 2.75) is 38.1 Å². The van der Waals surface area contributed by atoms with Crippen molar-refractivity contribution in [3.63, 3.8) is 0 Å². The van der Waals surface area contributed by atoms with Crippen LogP contribution in [0.15, 0.2) is 0 Å². The summed E-state index contributed by atoms with van der Waals surface area (Å²) in [5, 5.41) is 0. The van der Waals surface area contributed by atoms with E-state index >= 15 is 0 Å². The third kappa shape index (κ3) is 2.03. The highest BCUT2D eigenvalue weighted by molar-refractivity contribution is 4.86. The van der Waals surface area contributed by atoms with Gasteiger partial charge in [0.25, 0.3) is 0 Å². The van der Waals surface area contributed by atoms with Crippen LogP contribution in [0.3, 0.4) is 0 Å². The van der Waals surface area contributed by atoms with E-state index in [4.69, 9.17) is 6.57 Å². The van der Waals surface area contributed by atoms with Gasteiger partial charge in [-0.2, -0.15) is 0 Å². The first-order chi connectivity index (χ1) is 6.40. The van der Waals surface area contributed by atoms with Crippen LogP contribution in [-0.4, -0.2) is 30.6 Å². The molecule has 1 unspecified atom stereocenters. The van der Waals surface area contributed by atoms with Crippen LogP contribution in [0.25, 0.3) is 4.85 Å². The molecule has 1 heterocycles. The van der Waals surface area contributed by atoms with Crippen LogP contribution in [0.2, 0.25) is 0 Å².